The van der Waals surface area contributed by atoms with Gasteiger partial charge in [0.25, 0.3) is 0 Å². The van der Waals surface area contributed by atoms with Gasteiger partial charge in [0.1, 0.15) is 0 Å². The van der Waals surface area contributed by atoms with E-state index in [1.54, 1.807) is 18.6 Å². The van der Waals surface area contributed by atoms with Crippen LogP contribution in [0.3, 0.4) is 0 Å². The Hall–Kier alpha value is -0.860. The first-order chi connectivity index (χ1) is 7.46. The fourth-order valence-corrected chi connectivity index (χ4v) is 1.99. The Balaban J connectivity index is 4.56. The lowest BCUT2D eigenvalue weighted by Gasteiger charge is -2.28. The van der Waals surface area contributed by atoms with Crippen LogP contribution in [-0.2, 0) is 14.9 Å². The van der Waals surface area contributed by atoms with E-state index in [9.17, 15) is 18.3 Å². The standard InChI is InChI=1S/C9H20N2O5S/c1-6(2)16-8(13)10-17(14,15)11-9(4,5)7(3)12/h6-7,11-12H,1-5H3,(H,10,13). The molecule has 0 fully saturated rings. The van der Waals surface area contributed by atoms with E-state index in [0.29, 0.717) is 0 Å². The number of hydrogen-bond donors (Lipinski definition) is 3. The van der Waals surface area contributed by atoms with Gasteiger partial charge in [0.15, 0.2) is 0 Å². The molecule has 8 heteroatoms. The molecule has 0 aliphatic rings. The Morgan fingerprint density at radius 2 is 1.76 bits per heavy atom. The van der Waals surface area contributed by atoms with Crippen LogP contribution in [0.25, 0.3) is 0 Å². The molecule has 0 rings (SSSR count). The fraction of sp³-hybridized carbons (Fsp3) is 0.889. The predicted octanol–water partition coefficient (Wildman–Crippen LogP) is 0.115. The third kappa shape index (κ3) is 6.44. The molecule has 0 aromatic heterocycles. The van der Waals surface area contributed by atoms with E-state index in [4.69, 9.17) is 0 Å². The number of amides is 1. The zero-order valence-corrected chi connectivity index (χ0v) is 11.5. The molecule has 1 unspecified atom stereocenters. The summed E-state index contributed by atoms with van der Waals surface area (Å²) >= 11 is 0. The Labute approximate surface area is 102 Å². The van der Waals surface area contributed by atoms with E-state index in [1.807, 2.05) is 0 Å². The van der Waals surface area contributed by atoms with Gasteiger partial charge in [0.05, 0.1) is 17.7 Å². The first kappa shape index (κ1) is 16.1. The van der Waals surface area contributed by atoms with Gasteiger partial charge in [-0.2, -0.15) is 13.1 Å². The Bertz CT molecular complexity index is 362. The average molecular weight is 268 g/mol. The van der Waals surface area contributed by atoms with Gasteiger partial charge in [-0.25, -0.2) is 9.52 Å². The summed E-state index contributed by atoms with van der Waals surface area (Å²) in [7, 11) is -4.06. The molecule has 17 heavy (non-hydrogen) atoms. The van der Waals surface area contributed by atoms with Crippen molar-refractivity contribution in [3.63, 3.8) is 0 Å². The lowest BCUT2D eigenvalue weighted by Crippen LogP contribution is -2.55. The number of aliphatic hydroxyl groups is 1. The van der Waals surface area contributed by atoms with Crippen LogP contribution in [-0.4, -0.2) is 37.4 Å². The second-order valence-corrected chi connectivity index (χ2v) is 5.97. The molecular formula is C9H20N2O5S. The fourth-order valence-electron chi connectivity index (χ4n) is 0.805. The largest absolute Gasteiger partial charge is 0.446 e. The number of nitrogens with one attached hydrogen (secondary N) is 2. The molecular weight excluding hydrogens is 248 g/mol. The number of carbonyl (C=O) groups excluding carboxylic acids is 1. The summed E-state index contributed by atoms with van der Waals surface area (Å²) in [5.41, 5.74) is -1.09. The predicted molar refractivity (Wildman–Crippen MR) is 62.6 cm³/mol. The highest BCUT2D eigenvalue weighted by molar-refractivity contribution is 7.88. The summed E-state index contributed by atoms with van der Waals surface area (Å²) in [6.07, 6.45) is -2.40. The molecule has 0 radical (unpaired) electrons. The molecule has 102 valence electrons. The molecule has 7 nitrogen and oxygen atoms in total. The van der Waals surface area contributed by atoms with Gasteiger partial charge in [-0.15, -0.1) is 0 Å². The second kappa shape index (κ2) is 5.65. The SMILES string of the molecule is CC(C)OC(=O)NS(=O)(=O)NC(C)(C)C(C)O. The van der Waals surface area contributed by atoms with Gasteiger partial charge >= 0.3 is 16.3 Å². The van der Waals surface area contributed by atoms with Gasteiger partial charge in [0, 0.05) is 0 Å². The second-order valence-electron chi connectivity index (χ2n) is 4.56. The van der Waals surface area contributed by atoms with Crippen molar-refractivity contribution >= 4 is 16.3 Å². The van der Waals surface area contributed by atoms with E-state index in [-0.39, 0.29) is 0 Å². The summed E-state index contributed by atoms with van der Waals surface area (Å²) in [5.74, 6) is 0. The van der Waals surface area contributed by atoms with Gasteiger partial charge in [-0.3, -0.25) is 0 Å². The van der Waals surface area contributed by atoms with Crippen LogP contribution in [0.2, 0.25) is 0 Å². The van der Waals surface area contributed by atoms with Gasteiger partial charge in [0.2, 0.25) is 0 Å². The van der Waals surface area contributed by atoms with Crippen LogP contribution in [0.15, 0.2) is 0 Å². The lowest BCUT2D eigenvalue weighted by atomic mass is 10.0. The maximum atomic E-state index is 11.5. The molecule has 1 atom stereocenters. The topological polar surface area (TPSA) is 105 Å². The molecule has 0 aliphatic carbocycles. The molecule has 1 amide bonds. The van der Waals surface area contributed by atoms with E-state index in [0.717, 1.165) is 0 Å². The molecule has 0 aliphatic heterocycles. The van der Waals surface area contributed by atoms with E-state index < -0.39 is 34.0 Å². The first-order valence-electron chi connectivity index (χ1n) is 5.16. The number of aliphatic hydroxyl groups excluding tert-OH is 1. The summed E-state index contributed by atoms with van der Waals surface area (Å²) in [6, 6.07) is 0. The van der Waals surface area contributed by atoms with Crippen molar-refractivity contribution in [2.75, 3.05) is 0 Å². The third-order valence-electron chi connectivity index (χ3n) is 2.00. The minimum Gasteiger partial charge on any atom is -0.446 e. The van der Waals surface area contributed by atoms with Gasteiger partial charge in [-0.05, 0) is 34.6 Å². The monoisotopic (exact) mass is 268 g/mol. The van der Waals surface area contributed by atoms with E-state index >= 15 is 0 Å². The summed E-state index contributed by atoms with van der Waals surface area (Å²) in [6.45, 7) is 7.61. The molecule has 0 aromatic rings. The maximum absolute atomic E-state index is 11.5. The van der Waals surface area contributed by atoms with Crippen molar-refractivity contribution in [1.29, 1.82) is 0 Å². The van der Waals surface area contributed by atoms with Crippen molar-refractivity contribution in [3.8, 4) is 0 Å². The summed E-state index contributed by atoms with van der Waals surface area (Å²) in [4.78, 5) is 11.1. The zero-order valence-electron chi connectivity index (χ0n) is 10.6. The zero-order chi connectivity index (χ0) is 13.9. The van der Waals surface area contributed by atoms with Crippen molar-refractivity contribution in [1.82, 2.24) is 9.44 Å². The van der Waals surface area contributed by atoms with Crippen LogP contribution in [0, 0.1) is 0 Å². The molecule has 0 heterocycles. The van der Waals surface area contributed by atoms with E-state index in [1.165, 1.54) is 20.8 Å². The summed E-state index contributed by atoms with van der Waals surface area (Å²) < 4.78 is 31.5. The quantitative estimate of drug-likeness (QED) is 0.656. The summed E-state index contributed by atoms with van der Waals surface area (Å²) in [5, 5.41) is 9.35. The van der Waals surface area contributed by atoms with Gasteiger partial charge in [-0.1, -0.05) is 0 Å². The van der Waals surface area contributed by atoms with E-state index in [2.05, 4.69) is 9.46 Å². The van der Waals surface area contributed by atoms with Crippen molar-refractivity contribution < 1.29 is 23.1 Å². The number of hydrogen-bond acceptors (Lipinski definition) is 5. The van der Waals surface area contributed by atoms with Crippen molar-refractivity contribution in [3.05, 3.63) is 0 Å². The van der Waals surface area contributed by atoms with Crippen LogP contribution < -0.4 is 9.44 Å². The smallest absolute Gasteiger partial charge is 0.422 e. The normalized spacial score (nSPS) is 14.5. The van der Waals surface area contributed by atoms with Gasteiger partial charge < -0.3 is 9.84 Å². The molecule has 0 aromatic carbocycles. The van der Waals surface area contributed by atoms with Crippen LogP contribution >= 0.6 is 0 Å². The molecule has 0 saturated carbocycles. The molecule has 0 saturated heterocycles. The number of ether oxygens (including phenoxy) is 1. The van der Waals surface area contributed by atoms with Crippen LogP contribution in [0.1, 0.15) is 34.6 Å². The molecule has 0 spiro atoms. The Morgan fingerprint density at radius 1 is 1.29 bits per heavy atom. The number of rotatable bonds is 5. The Morgan fingerprint density at radius 3 is 2.12 bits per heavy atom. The number of carbonyl (C=O) groups is 1. The highest BCUT2D eigenvalue weighted by Crippen LogP contribution is 2.09. The molecule has 3 N–H and O–H groups in total. The Kier molecular flexibility index (Phi) is 5.37. The highest BCUT2D eigenvalue weighted by atomic mass is 32.2. The highest BCUT2D eigenvalue weighted by Gasteiger charge is 2.30. The van der Waals surface area contributed by atoms with Crippen LogP contribution in [0.5, 0.6) is 0 Å². The van der Waals surface area contributed by atoms with Crippen molar-refractivity contribution in [2.45, 2.75) is 52.4 Å². The van der Waals surface area contributed by atoms with Crippen LogP contribution in [0.4, 0.5) is 4.79 Å². The average Bonchev–Trinajstić information content (AvgIpc) is 1.96. The maximum Gasteiger partial charge on any atom is 0.422 e. The lowest BCUT2D eigenvalue weighted by molar-refractivity contribution is 0.109. The third-order valence-corrected chi connectivity index (χ3v) is 3.23. The first-order valence-corrected chi connectivity index (χ1v) is 6.65. The minimum atomic E-state index is -4.06. The minimum absolute atomic E-state index is 0.421. The molecule has 0 bridgehead atoms. The van der Waals surface area contributed by atoms with Crippen molar-refractivity contribution in [2.24, 2.45) is 0 Å².